The van der Waals surface area contributed by atoms with Gasteiger partial charge in [-0.05, 0) is 43.4 Å². The first kappa shape index (κ1) is 12.7. The van der Waals surface area contributed by atoms with E-state index in [1.54, 1.807) is 0 Å². The molecule has 0 aromatic heterocycles. The van der Waals surface area contributed by atoms with E-state index in [-0.39, 0.29) is 6.03 Å². The van der Waals surface area contributed by atoms with Gasteiger partial charge in [-0.1, -0.05) is 20.8 Å². The lowest BCUT2D eigenvalue weighted by Gasteiger charge is -2.32. The fraction of sp³-hybridized carbons (Fsp3) is 0.929. The summed E-state index contributed by atoms with van der Waals surface area (Å²) in [7, 11) is 0. The van der Waals surface area contributed by atoms with Gasteiger partial charge in [0.1, 0.15) is 0 Å². The van der Waals surface area contributed by atoms with Crippen molar-refractivity contribution in [3.8, 4) is 0 Å². The van der Waals surface area contributed by atoms with Gasteiger partial charge in [-0.15, -0.1) is 0 Å². The van der Waals surface area contributed by atoms with Crippen LogP contribution in [0.1, 0.15) is 52.9 Å². The number of amides is 2. The van der Waals surface area contributed by atoms with Gasteiger partial charge >= 0.3 is 6.03 Å². The normalized spacial score (nSPS) is 29.0. The van der Waals surface area contributed by atoms with Crippen LogP contribution in [0, 0.1) is 11.3 Å². The second-order valence-electron chi connectivity index (χ2n) is 6.93. The summed E-state index contributed by atoms with van der Waals surface area (Å²) >= 11 is 0. The number of urea groups is 1. The maximum absolute atomic E-state index is 11.8. The Morgan fingerprint density at radius 3 is 2.53 bits per heavy atom. The summed E-state index contributed by atoms with van der Waals surface area (Å²) in [5.74, 6) is 0.802. The summed E-state index contributed by atoms with van der Waals surface area (Å²) in [5.41, 5.74) is 0.418. The molecule has 1 saturated carbocycles. The number of hydrogen-bond acceptors (Lipinski definition) is 1. The van der Waals surface area contributed by atoms with Crippen molar-refractivity contribution in [2.24, 2.45) is 11.3 Å². The Hall–Kier alpha value is -0.730. The van der Waals surface area contributed by atoms with Crippen LogP contribution >= 0.6 is 0 Å². The van der Waals surface area contributed by atoms with E-state index in [9.17, 15) is 4.79 Å². The molecule has 2 rings (SSSR count). The highest BCUT2D eigenvalue weighted by atomic mass is 16.2. The van der Waals surface area contributed by atoms with E-state index in [1.807, 2.05) is 4.90 Å². The van der Waals surface area contributed by atoms with Crippen molar-refractivity contribution in [2.45, 2.75) is 58.9 Å². The Morgan fingerprint density at radius 1 is 1.29 bits per heavy atom. The largest absolute Gasteiger partial charge is 0.335 e. The predicted octanol–water partition coefficient (Wildman–Crippen LogP) is 3.01. The van der Waals surface area contributed by atoms with Crippen molar-refractivity contribution < 1.29 is 4.79 Å². The molecule has 0 aromatic rings. The molecule has 1 N–H and O–H groups in total. The summed E-state index contributed by atoms with van der Waals surface area (Å²) in [5, 5.41) is 3.18. The first-order valence-corrected chi connectivity index (χ1v) is 6.99. The number of nitrogens with zero attached hydrogens (tertiary/aromatic N) is 1. The molecular weight excluding hydrogens is 212 g/mol. The quantitative estimate of drug-likeness (QED) is 0.788. The highest BCUT2D eigenvalue weighted by Crippen LogP contribution is 2.35. The van der Waals surface area contributed by atoms with Crippen LogP contribution in [0.25, 0.3) is 0 Å². The smallest absolute Gasteiger partial charge is 0.317 e. The number of hydrogen-bond donors (Lipinski definition) is 1. The van der Waals surface area contributed by atoms with Crippen LogP contribution in [-0.4, -0.2) is 30.1 Å². The molecule has 3 heteroatoms. The van der Waals surface area contributed by atoms with Crippen LogP contribution in [0.3, 0.4) is 0 Å². The third-order valence-electron chi connectivity index (χ3n) is 3.91. The second-order valence-corrected chi connectivity index (χ2v) is 6.93. The van der Waals surface area contributed by atoms with E-state index >= 15 is 0 Å². The number of rotatable bonds is 2. The predicted molar refractivity (Wildman–Crippen MR) is 69.9 cm³/mol. The lowest BCUT2D eigenvalue weighted by atomic mass is 9.84. The maximum Gasteiger partial charge on any atom is 0.317 e. The van der Waals surface area contributed by atoms with Gasteiger partial charge in [0.2, 0.25) is 0 Å². The van der Waals surface area contributed by atoms with E-state index in [0.717, 1.165) is 19.0 Å². The summed E-state index contributed by atoms with van der Waals surface area (Å²) < 4.78 is 0. The highest BCUT2D eigenvalue weighted by Gasteiger charge is 2.30. The molecule has 0 radical (unpaired) electrons. The SMILES string of the molecule is CC(C)(C)CC1CCC(NC(=O)N2CCC2)C1. The number of carbonyl (C=O) groups is 1. The lowest BCUT2D eigenvalue weighted by Crippen LogP contribution is -2.50. The number of carbonyl (C=O) groups excluding carboxylic acids is 1. The van der Waals surface area contributed by atoms with Gasteiger partial charge in [0.15, 0.2) is 0 Å². The molecule has 2 atom stereocenters. The molecule has 2 unspecified atom stereocenters. The van der Waals surface area contributed by atoms with Gasteiger partial charge in [0.25, 0.3) is 0 Å². The van der Waals surface area contributed by atoms with E-state index in [4.69, 9.17) is 0 Å². The minimum atomic E-state index is 0.164. The molecule has 0 spiro atoms. The zero-order valence-corrected chi connectivity index (χ0v) is 11.5. The fourth-order valence-electron chi connectivity index (χ4n) is 3.04. The van der Waals surface area contributed by atoms with Gasteiger partial charge < -0.3 is 10.2 Å². The van der Waals surface area contributed by atoms with E-state index in [0.29, 0.717) is 11.5 Å². The molecule has 3 nitrogen and oxygen atoms in total. The van der Waals surface area contributed by atoms with Crippen molar-refractivity contribution in [3.63, 3.8) is 0 Å². The Kier molecular flexibility index (Phi) is 3.64. The molecule has 0 aromatic carbocycles. The molecule has 1 heterocycles. The van der Waals surface area contributed by atoms with Crippen molar-refractivity contribution in [1.29, 1.82) is 0 Å². The summed E-state index contributed by atoms with van der Waals surface area (Å²) in [4.78, 5) is 13.7. The van der Waals surface area contributed by atoms with Crippen LogP contribution in [0.2, 0.25) is 0 Å². The Balaban J connectivity index is 1.72. The Labute approximate surface area is 105 Å². The van der Waals surface area contributed by atoms with Crippen LogP contribution in [0.15, 0.2) is 0 Å². The minimum absolute atomic E-state index is 0.164. The third-order valence-corrected chi connectivity index (χ3v) is 3.91. The van der Waals surface area contributed by atoms with Gasteiger partial charge in [0.05, 0.1) is 0 Å². The molecule has 17 heavy (non-hydrogen) atoms. The number of likely N-dealkylation sites (tertiary alicyclic amines) is 1. The van der Waals surface area contributed by atoms with Crippen LogP contribution in [-0.2, 0) is 0 Å². The first-order chi connectivity index (χ1) is 7.94. The van der Waals surface area contributed by atoms with Crippen molar-refractivity contribution in [3.05, 3.63) is 0 Å². The van der Waals surface area contributed by atoms with Gasteiger partial charge in [-0.2, -0.15) is 0 Å². The lowest BCUT2D eigenvalue weighted by molar-refractivity contribution is 0.163. The van der Waals surface area contributed by atoms with Crippen molar-refractivity contribution >= 4 is 6.03 Å². The fourth-order valence-corrected chi connectivity index (χ4v) is 3.04. The topological polar surface area (TPSA) is 32.3 Å². The summed E-state index contributed by atoms with van der Waals surface area (Å²) in [6.07, 6.45) is 6.08. The molecule has 1 aliphatic carbocycles. The van der Waals surface area contributed by atoms with Gasteiger partial charge in [-0.3, -0.25) is 0 Å². The van der Waals surface area contributed by atoms with Crippen LogP contribution < -0.4 is 5.32 Å². The second kappa shape index (κ2) is 4.87. The molecule has 1 saturated heterocycles. The summed E-state index contributed by atoms with van der Waals surface area (Å²) in [6.45, 7) is 8.81. The zero-order chi connectivity index (χ0) is 12.5. The first-order valence-electron chi connectivity index (χ1n) is 6.99. The zero-order valence-electron chi connectivity index (χ0n) is 11.5. The molecule has 2 fully saturated rings. The van der Waals surface area contributed by atoms with E-state index < -0.39 is 0 Å². The van der Waals surface area contributed by atoms with Gasteiger partial charge in [-0.25, -0.2) is 4.79 Å². The average molecular weight is 238 g/mol. The number of nitrogens with one attached hydrogen (secondary N) is 1. The monoisotopic (exact) mass is 238 g/mol. The average Bonchev–Trinajstić information content (AvgIpc) is 2.45. The third kappa shape index (κ3) is 3.62. The van der Waals surface area contributed by atoms with Crippen LogP contribution in [0.4, 0.5) is 4.79 Å². The molecular formula is C14H26N2O. The molecule has 1 aliphatic heterocycles. The Bertz CT molecular complexity index is 278. The van der Waals surface area contributed by atoms with Gasteiger partial charge in [0, 0.05) is 19.1 Å². The van der Waals surface area contributed by atoms with Crippen molar-refractivity contribution in [2.75, 3.05) is 13.1 Å². The maximum atomic E-state index is 11.8. The van der Waals surface area contributed by atoms with Crippen molar-refractivity contribution in [1.82, 2.24) is 10.2 Å². The molecule has 98 valence electrons. The van der Waals surface area contributed by atoms with E-state index in [2.05, 4.69) is 26.1 Å². The van der Waals surface area contributed by atoms with Crippen LogP contribution in [0.5, 0.6) is 0 Å². The minimum Gasteiger partial charge on any atom is -0.335 e. The molecule has 0 bridgehead atoms. The standard InChI is InChI=1S/C14H26N2O/c1-14(2,3)10-11-5-6-12(9-11)15-13(17)16-7-4-8-16/h11-12H,4-10H2,1-3H3,(H,15,17). The Morgan fingerprint density at radius 2 is 2.00 bits per heavy atom. The summed E-state index contributed by atoms with van der Waals surface area (Å²) in [6, 6.07) is 0.591. The van der Waals surface area contributed by atoms with E-state index in [1.165, 1.54) is 32.1 Å². The highest BCUT2D eigenvalue weighted by molar-refractivity contribution is 5.75. The molecule has 2 amide bonds. The molecule has 2 aliphatic rings.